The molecule has 1 aliphatic rings. The highest BCUT2D eigenvalue weighted by molar-refractivity contribution is 9.10. The van der Waals surface area contributed by atoms with Crippen molar-refractivity contribution >= 4 is 51.1 Å². The topological polar surface area (TPSA) is 67.9 Å². The molecule has 1 saturated heterocycles. The van der Waals surface area contributed by atoms with Crippen molar-refractivity contribution in [2.45, 2.75) is 13.8 Å². The lowest BCUT2D eigenvalue weighted by molar-refractivity contribution is -0.117. The van der Waals surface area contributed by atoms with Gasteiger partial charge in [-0.25, -0.2) is 5.01 Å². The average Bonchev–Trinajstić information content (AvgIpc) is 2.94. The first-order valence-corrected chi connectivity index (χ1v) is 9.83. The van der Waals surface area contributed by atoms with Crippen LogP contribution in [-0.2, 0) is 9.59 Å². The summed E-state index contributed by atoms with van der Waals surface area (Å²) in [6.45, 7) is 4.55. The molecule has 8 heteroatoms. The summed E-state index contributed by atoms with van der Waals surface area (Å²) < 4.78 is 12.0. The van der Waals surface area contributed by atoms with E-state index in [9.17, 15) is 9.59 Å². The number of rotatable bonds is 6. The summed E-state index contributed by atoms with van der Waals surface area (Å²) >= 11 is 9.66. The largest absolute Gasteiger partial charge is 0.490 e. The van der Waals surface area contributed by atoms with Gasteiger partial charge in [0.05, 0.1) is 23.9 Å². The Morgan fingerprint density at radius 3 is 2.43 bits per heavy atom. The fraction of sp³-hybridized carbons (Fsp3) is 0.200. The van der Waals surface area contributed by atoms with Gasteiger partial charge < -0.3 is 9.47 Å². The molecule has 1 heterocycles. The lowest BCUT2D eigenvalue weighted by Crippen LogP contribution is -2.35. The van der Waals surface area contributed by atoms with Crippen LogP contribution < -0.4 is 19.9 Å². The number of hydrogen-bond donors (Lipinski definition) is 1. The highest BCUT2D eigenvalue weighted by atomic mass is 79.9. The summed E-state index contributed by atoms with van der Waals surface area (Å²) in [5, 5.41) is 1.55. The predicted octanol–water partition coefficient (Wildman–Crippen LogP) is 4.36. The molecule has 2 aromatic carbocycles. The molecule has 6 nitrogen and oxygen atoms in total. The van der Waals surface area contributed by atoms with Crippen LogP contribution in [0.3, 0.4) is 0 Å². The van der Waals surface area contributed by atoms with Crippen LogP contribution in [-0.4, -0.2) is 25.0 Å². The van der Waals surface area contributed by atoms with Gasteiger partial charge in [-0.3, -0.25) is 15.0 Å². The van der Waals surface area contributed by atoms with Crippen LogP contribution >= 0.6 is 27.5 Å². The van der Waals surface area contributed by atoms with Crippen LogP contribution in [0.25, 0.3) is 6.08 Å². The number of hydrogen-bond acceptors (Lipinski definition) is 4. The SMILES string of the molecule is CCOc1cc(/C=C2\C(=O)NN(c3ccc(Br)cc3)C2=O)cc(Cl)c1OCC. The van der Waals surface area contributed by atoms with Crippen LogP contribution in [0.15, 0.2) is 46.4 Å². The number of amides is 2. The third-order valence-electron chi connectivity index (χ3n) is 3.91. The number of hydrazine groups is 1. The van der Waals surface area contributed by atoms with E-state index < -0.39 is 11.8 Å². The van der Waals surface area contributed by atoms with Gasteiger partial charge in [0.25, 0.3) is 11.8 Å². The fourth-order valence-electron chi connectivity index (χ4n) is 2.71. The van der Waals surface area contributed by atoms with Gasteiger partial charge >= 0.3 is 0 Å². The van der Waals surface area contributed by atoms with Crippen molar-refractivity contribution in [3.05, 3.63) is 57.0 Å². The first-order valence-electron chi connectivity index (χ1n) is 8.66. The van der Waals surface area contributed by atoms with Crippen LogP contribution in [0, 0.1) is 0 Å². The quantitative estimate of drug-likeness (QED) is 0.508. The van der Waals surface area contributed by atoms with Gasteiger partial charge in [0.1, 0.15) is 5.57 Å². The van der Waals surface area contributed by atoms with Crippen LogP contribution in [0.5, 0.6) is 11.5 Å². The third kappa shape index (κ3) is 4.15. The van der Waals surface area contributed by atoms with E-state index in [1.807, 2.05) is 13.8 Å². The molecular formula is C20H18BrClN2O4. The first kappa shape index (κ1) is 20.2. The van der Waals surface area contributed by atoms with Gasteiger partial charge in [-0.2, -0.15) is 0 Å². The number of ether oxygens (including phenoxy) is 2. The number of carbonyl (C=O) groups excluding carboxylic acids is 2. The second-order valence-corrected chi connectivity index (χ2v) is 7.13. The maximum absolute atomic E-state index is 12.7. The smallest absolute Gasteiger partial charge is 0.282 e. The summed E-state index contributed by atoms with van der Waals surface area (Å²) in [5.74, 6) is -0.0441. The van der Waals surface area contributed by atoms with E-state index in [0.717, 1.165) is 4.47 Å². The molecule has 3 rings (SSSR count). The second kappa shape index (κ2) is 8.67. The Labute approximate surface area is 176 Å². The van der Waals surface area contributed by atoms with Gasteiger partial charge in [0, 0.05) is 4.47 Å². The normalized spacial score (nSPS) is 15.1. The van der Waals surface area contributed by atoms with Crippen LogP contribution in [0.2, 0.25) is 5.02 Å². The molecular weight excluding hydrogens is 448 g/mol. The third-order valence-corrected chi connectivity index (χ3v) is 4.72. The van der Waals surface area contributed by atoms with E-state index in [2.05, 4.69) is 21.4 Å². The highest BCUT2D eigenvalue weighted by Crippen LogP contribution is 2.37. The molecule has 0 saturated carbocycles. The maximum atomic E-state index is 12.7. The Kier molecular flexibility index (Phi) is 6.26. The number of benzene rings is 2. The Morgan fingerprint density at radius 2 is 1.79 bits per heavy atom. The summed E-state index contributed by atoms with van der Waals surface area (Å²) in [6, 6.07) is 10.4. The van der Waals surface area contributed by atoms with Crippen LogP contribution in [0.4, 0.5) is 5.69 Å². The molecule has 0 spiro atoms. The molecule has 1 fully saturated rings. The molecule has 28 heavy (non-hydrogen) atoms. The minimum Gasteiger partial charge on any atom is -0.490 e. The van der Waals surface area contributed by atoms with Crippen molar-refractivity contribution in [2.24, 2.45) is 0 Å². The van der Waals surface area contributed by atoms with Crippen molar-refractivity contribution in [3.8, 4) is 11.5 Å². The molecule has 0 radical (unpaired) electrons. The molecule has 0 bridgehead atoms. The number of anilines is 1. The molecule has 2 aromatic rings. The van der Waals surface area contributed by atoms with Crippen molar-refractivity contribution < 1.29 is 19.1 Å². The molecule has 1 aliphatic heterocycles. The van der Waals surface area contributed by atoms with Gasteiger partial charge in [0.2, 0.25) is 0 Å². The molecule has 0 unspecified atom stereocenters. The van der Waals surface area contributed by atoms with E-state index in [4.69, 9.17) is 21.1 Å². The summed E-state index contributed by atoms with van der Waals surface area (Å²) in [5.41, 5.74) is 3.70. The Balaban J connectivity index is 1.95. The molecule has 2 amide bonds. The summed E-state index contributed by atoms with van der Waals surface area (Å²) in [7, 11) is 0. The Bertz CT molecular complexity index is 944. The number of nitrogens with zero attached hydrogens (tertiary/aromatic N) is 1. The number of nitrogens with one attached hydrogen (secondary N) is 1. The van der Waals surface area contributed by atoms with E-state index in [0.29, 0.717) is 41.0 Å². The minimum atomic E-state index is -0.490. The van der Waals surface area contributed by atoms with Crippen molar-refractivity contribution in [1.82, 2.24) is 5.43 Å². The summed E-state index contributed by atoms with van der Waals surface area (Å²) in [6.07, 6.45) is 1.49. The molecule has 146 valence electrons. The molecule has 1 N–H and O–H groups in total. The van der Waals surface area contributed by atoms with Crippen molar-refractivity contribution in [2.75, 3.05) is 18.2 Å². The second-order valence-electron chi connectivity index (χ2n) is 5.81. The van der Waals surface area contributed by atoms with Gasteiger partial charge in [0.15, 0.2) is 11.5 Å². The predicted molar refractivity (Wildman–Crippen MR) is 112 cm³/mol. The van der Waals surface area contributed by atoms with E-state index in [1.54, 1.807) is 36.4 Å². The summed E-state index contributed by atoms with van der Waals surface area (Å²) in [4.78, 5) is 25.1. The molecule has 0 atom stereocenters. The fourth-order valence-corrected chi connectivity index (χ4v) is 3.25. The van der Waals surface area contributed by atoms with Gasteiger partial charge in [-0.05, 0) is 61.9 Å². The molecule has 0 aromatic heterocycles. The van der Waals surface area contributed by atoms with E-state index in [-0.39, 0.29) is 5.57 Å². The Hall–Kier alpha value is -2.51. The zero-order chi connectivity index (χ0) is 20.3. The lowest BCUT2D eigenvalue weighted by atomic mass is 10.1. The average molecular weight is 466 g/mol. The van der Waals surface area contributed by atoms with Gasteiger partial charge in [-0.1, -0.05) is 27.5 Å². The van der Waals surface area contributed by atoms with Crippen LogP contribution in [0.1, 0.15) is 19.4 Å². The Morgan fingerprint density at radius 1 is 1.11 bits per heavy atom. The number of halogens is 2. The zero-order valence-electron chi connectivity index (χ0n) is 15.3. The zero-order valence-corrected chi connectivity index (χ0v) is 17.6. The standard InChI is InChI=1S/C20H18BrClN2O4/c1-3-27-17-11-12(10-16(22)18(17)28-4-2)9-15-19(25)23-24(20(15)26)14-7-5-13(21)6-8-14/h5-11H,3-4H2,1-2H3,(H,23,25)/b15-9+. The molecule has 0 aliphatic carbocycles. The maximum Gasteiger partial charge on any atom is 0.282 e. The van der Waals surface area contributed by atoms with Gasteiger partial charge in [-0.15, -0.1) is 0 Å². The van der Waals surface area contributed by atoms with Crippen molar-refractivity contribution in [1.29, 1.82) is 0 Å². The van der Waals surface area contributed by atoms with E-state index in [1.165, 1.54) is 11.1 Å². The lowest BCUT2D eigenvalue weighted by Gasteiger charge is -2.14. The highest BCUT2D eigenvalue weighted by Gasteiger charge is 2.34. The minimum absolute atomic E-state index is 0.00518. The monoisotopic (exact) mass is 464 g/mol. The van der Waals surface area contributed by atoms with E-state index >= 15 is 0 Å². The first-order chi connectivity index (χ1) is 13.4. The van der Waals surface area contributed by atoms with Crippen molar-refractivity contribution in [3.63, 3.8) is 0 Å². The number of carbonyl (C=O) groups is 2.